The fourth-order valence-electron chi connectivity index (χ4n) is 1.96. The lowest BCUT2D eigenvalue weighted by Gasteiger charge is -2.18. The molecular weight excluding hydrogens is 228 g/mol. The van der Waals surface area contributed by atoms with E-state index in [0.29, 0.717) is 11.6 Å². The van der Waals surface area contributed by atoms with Crippen molar-refractivity contribution in [1.29, 1.82) is 0 Å². The lowest BCUT2D eigenvalue weighted by molar-refractivity contribution is 0.191. The van der Waals surface area contributed by atoms with Gasteiger partial charge >= 0.3 is 6.09 Å². The Morgan fingerprint density at radius 3 is 3.06 bits per heavy atom. The molecule has 0 aliphatic carbocycles. The minimum absolute atomic E-state index is 0.0106. The zero-order valence-corrected chi connectivity index (χ0v) is 9.44. The van der Waals surface area contributed by atoms with Gasteiger partial charge in [0.1, 0.15) is 0 Å². The number of carbonyl (C=O) groups is 1. The van der Waals surface area contributed by atoms with Crippen LogP contribution in [0.4, 0.5) is 10.5 Å². The number of hydrogen-bond donors (Lipinski definition) is 2. The number of nitrogens with one attached hydrogen (secondary N) is 1. The van der Waals surface area contributed by atoms with E-state index >= 15 is 0 Å². The van der Waals surface area contributed by atoms with Crippen LogP contribution in [0.2, 0.25) is 5.02 Å². The highest BCUT2D eigenvalue weighted by molar-refractivity contribution is 6.30. The normalized spacial score (nSPS) is 19.8. The minimum atomic E-state index is -0.960. The zero-order chi connectivity index (χ0) is 11.5. The third kappa shape index (κ3) is 2.58. The molecule has 86 valence electrons. The molecule has 1 saturated heterocycles. The first-order chi connectivity index (χ1) is 7.65. The van der Waals surface area contributed by atoms with Crippen LogP contribution >= 0.6 is 11.6 Å². The van der Waals surface area contributed by atoms with Crippen molar-refractivity contribution in [2.24, 2.45) is 0 Å². The Morgan fingerprint density at radius 1 is 1.56 bits per heavy atom. The molecule has 1 aliphatic rings. The molecule has 0 saturated carbocycles. The molecule has 16 heavy (non-hydrogen) atoms. The lowest BCUT2D eigenvalue weighted by atomic mass is 10.3. The molecule has 0 aromatic heterocycles. The molecule has 5 heteroatoms. The quantitative estimate of drug-likeness (QED) is 0.833. The smallest absolute Gasteiger partial charge is 0.404 e. The number of nitrogens with zero attached hydrogens (tertiary/aromatic N) is 1. The van der Waals surface area contributed by atoms with Crippen LogP contribution in [0.15, 0.2) is 24.3 Å². The summed E-state index contributed by atoms with van der Waals surface area (Å²) < 4.78 is 0. The first-order valence-electron chi connectivity index (χ1n) is 5.15. The Hall–Kier alpha value is -1.42. The molecule has 0 spiro atoms. The van der Waals surface area contributed by atoms with E-state index in [9.17, 15) is 4.79 Å². The second kappa shape index (κ2) is 4.61. The van der Waals surface area contributed by atoms with Gasteiger partial charge in [-0.3, -0.25) is 0 Å². The molecule has 1 fully saturated rings. The van der Waals surface area contributed by atoms with E-state index in [2.05, 4.69) is 10.2 Å². The second-order valence-electron chi connectivity index (χ2n) is 3.86. The summed E-state index contributed by atoms with van der Waals surface area (Å²) in [6.07, 6.45) is -0.128. The average molecular weight is 241 g/mol. The van der Waals surface area contributed by atoms with Gasteiger partial charge in [0, 0.05) is 23.8 Å². The van der Waals surface area contributed by atoms with Crippen LogP contribution in [0.1, 0.15) is 6.42 Å². The maximum atomic E-state index is 10.5. The first-order valence-corrected chi connectivity index (χ1v) is 5.53. The molecule has 0 radical (unpaired) electrons. The van der Waals surface area contributed by atoms with Gasteiger partial charge in [-0.2, -0.15) is 0 Å². The Bertz CT molecular complexity index is 397. The van der Waals surface area contributed by atoms with Crippen LogP contribution < -0.4 is 10.2 Å². The van der Waals surface area contributed by atoms with Crippen LogP contribution in [0, 0.1) is 0 Å². The van der Waals surface area contributed by atoms with Crippen molar-refractivity contribution < 1.29 is 9.90 Å². The number of halogens is 1. The molecule has 2 rings (SSSR count). The molecule has 1 amide bonds. The van der Waals surface area contributed by atoms with Crippen molar-refractivity contribution >= 4 is 23.4 Å². The average Bonchev–Trinajstić information content (AvgIpc) is 2.65. The SMILES string of the molecule is O=C(O)NC1CCN(c2cccc(Cl)c2)C1. The van der Waals surface area contributed by atoms with Gasteiger partial charge in [-0.1, -0.05) is 17.7 Å². The van der Waals surface area contributed by atoms with Gasteiger partial charge in [-0.25, -0.2) is 4.79 Å². The van der Waals surface area contributed by atoms with Gasteiger partial charge in [-0.15, -0.1) is 0 Å². The summed E-state index contributed by atoms with van der Waals surface area (Å²) in [6, 6.07) is 7.61. The van der Waals surface area contributed by atoms with Crippen molar-refractivity contribution in [3.05, 3.63) is 29.3 Å². The fourth-order valence-corrected chi connectivity index (χ4v) is 2.14. The Labute approximate surface area is 98.8 Å². The lowest BCUT2D eigenvalue weighted by Crippen LogP contribution is -2.36. The van der Waals surface area contributed by atoms with Crippen molar-refractivity contribution in [1.82, 2.24) is 5.32 Å². The number of hydrogen-bond acceptors (Lipinski definition) is 2. The summed E-state index contributed by atoms with van der Waals surface area (Å²) in [4.78, 5) is 12.6. The van der Waals surface area contributed by atoms with Crippen LogP contribution in [0.5, 0.6) is 0 Å². The maximum absolute atomic E-state index is 10.5. The van der Waals surface area contributed by atoms with E-state index < -0.39 is 6.09 Å². The summed E-state index contributed by atoms with van der Waals surface area (Å²) in [7, 11) is 0. The third-order valence-corrected chi connectivity index (χ3v) is 2.92. The van der Waals surface area contributed by atoms with E-state index in [0.717, 1.165) is 18.7 Å². The molecule has 1 unspecified atom stereocenters. The van der Waals surface area contributed by atoms with Crippen LogP contribution in [0.3, 0.4) is 0 Å². The monoisotopic (exact) mass is 240 g/mol. The van der Waals surface area contributed by atoms with E-state index in [4.69, 9.17) is 16.7 Å². The molecule has 1 heterocycles. The maximum Gasteiger partial charge on any atom is 0.404 e. The van der Waals surface area contributed by atoms with Gasteiger partial charge in [0.05, 0.1) is 6.04 Å². The van der Waals surface area contributed by atoms with E-state index in [-0.39, 0.29) is 6.04 Å². The topological polar surface area (TPSA) is 52.6 Å². The van der Waals surface area contributed by atoms with E-state index in [1.54, 1.807) is 0 Å². The van der Waals surface area contributed by atoms with Crippen LogP contribution in [0.25, 0.3) is 0 Å². The summed E-state index contributed by atoms with van der Waals surface area (Å²) in [5.74, 6) is 0. The highest BCUT2D eigenvalue weighted by atomic mass is 35.5. The Kier molecular flexibility index (Phi) is 3.19. The zero-order valence-electron chi connectivity index (χ0n) is 8.69. The highest BCUT2D eigenvalue weighted by Gasteiger charge is 2.23. The van der Waals surface area contributed by atoms with Gasteiger partial charge in [0.2, 0.25) is 0 Å². The molecule has 4 nitrogen and oxygen atoms in total. The molecular formula is C11H13ClN2O2. The van der Waals surface area contributed by atoms with Gasteiger partial charge < -0.3 is 15.3 Å². The number of carboxylic acid groups (broad SMARTS) is 1. The second-order valence-corrected chi connectivity index (χ2v) is 4.30. The highest BCUT2D eigenvalue weighted by Crippen LogP contribution is 2.23. The van der Waals surface area contributed by atoms with Crippen LogP contribution in [-0.4, -0.2) is 30.3 Å². The predicted molar refractivity (Wildman–Crippen MR) is 63.2 cm³/mol. The van der Waals surface area contributed by atoms with E-state index in [1.807, 2.05) is 24.3 Å². The van der Waals surface area contributed by atoms with E-state index in [1.165, 1.54) is 0 Å². The summed E-state index contributed by atoms with van der Waals surface area (Å²) in [5.41, 5.74) is 1.04. The molecule has 2 N–H and O–H groups in total. The van der Waals surface area contributed by atoms with Crippen molar-refractivity contribution in [2.75, 3.05) is 18.0 Å². The molecule has 1 aromatic carbocycles. The minimum Gasteiger partial charge on any atom is -0.465 e. The molecule has 1 aliphatic heterocycles. The predicted octanol–water partition coefficient (Wildman–Crippen LogP) is 2.19. The molecule has 1 aromatic rings. The van der Waals surface area contributed by atoms with Gasteiger partial charge in [0.25, 0.3) is 0 Å². The third-order valence-electron chi connectivity index (χ3n) is 2.69. The summed E-state index contributed by atoms with van der Waals surface area (Å²) in [6.45, 7) is 1.55. The number of rotatable bonds is 2. The Morgan fingerprint density at radius 2 is 2.38 bits per heavy atom. The fraction of sp³-hybridized carbons (Fsp3) is 0.364. The largest absolute Gasteiger partial charge is 0.465 e. The van der Waals surface area contributed by atoms with Gasteiger partial charge in [0.15, 0.2) is 0 Å². The standard InChI is InChI=1S/C11H13ClN2O2/c12-8-2-1-3-10(6-8)14-5-4-9(7-14)13-11(15)16/h1-3,6,9,13H,4-5,7H2,(H,15,16). The Balaban J connectivity index is 2.00. The van der Waals surface area contributed by atoms with Crippen molar-refractivity contribution in [2.45, 2.75) is 12.5 Å². The van der Waals surface area contributed by atoms with Crippen molar-refractivity contribution in [3.8, 4) is 0 Å². The number of amides is 1. The molecule has 0 bridgehead atoms. The number of anilines is 1. The number of benzene rings is 1. The van der Waals surface area contributed by atoms with Crippen LogP contribution in [-0.2, 0) is 0 Å². The summed E-state index contributed by atoms with van der Waals surface area (Å²) in [5, 5.41) is 11.8. The molecule has 1 atom stereocenters. The van der Waals surface area contributed by atoms with Crippen molar-refractivity contribution in [3.63, 3.8) is 0 Å². The summed E-state index contributed by atoms with van der Waals surface area (Å²) >= 11 is 5.91. The van der Waals surface area contributed by atoms with Gasteiger partial charge in [-0.05, 0) is 24.6 Å². The first kappa shape index (κ1) is 11.1.